The second-order valence-electron chi connectivity index (χ2n) is 6.16. The summed E-state index contributed by atoms with van der Waals surface area (Å²) < 4.78 is 27.5. The van der Waals surface area contributed by atoms with E-state index >= 15 is 0 Å². The molecule has 2 aliphatic carbocycles. The van der Waals surface area contributed by atoms with E-state index in [4.69, 9.17) is 0 Å². The molecule has 0 heterocycles. The van der Waals surface area contributed by atoms with Crippen molar-refractivity contribution in [3.8, 4) is 0 Å². The smallest absolute Gasteiger partial charge is 0.149 e. The summed E-state index contributed by atoms with van der Waals surface area (Å²) in [6, 6.07) is 3.59. The molecule has 0 aliphatic heterocycles. The molecule has 3 atom stereocenters. The van der Waals surface area contributed by atoms with Gasteiger partial charge in [-0.3, -0.25) is 0 Å². The Bertz CT molecular complexity index is 471. The molecule has 20 heavy (non-hydrogen) atoms. The van der Waals surface area contributed by atoms with Gasteiger partial charge in [-0.2, -0.15) is 0 Å². The SMILES string of the molecule is O[C@]12CCCC[C@@H]1CCC[C@@H]2Nc1c(F)cccc1F. The molecule has 2 aliphatic rings. The number of hydrogen-bond donors (Lipinski definition) is 2. The minimum absolute atomic E-state index is 0.0999. The maximum atomic E-state index is 13.8. The Hall–Kier alpha value is -1.16. The van der Waals surface area contributed by atoms with E-state index in [0.717, 1.165) is 44.9 Å². The number of nitrogens with one attached hydrogen (secondary N) is 1. The van der Waals surface area contributed by atoms with Gasteiger partial charge in [0.2, 0.25) is 0 Å². The van der Waals surface area contributed by atoms with Crippen molar-refractivity contribution in [1.29, 1.82) is 0 Å². The standard InChI is InChI=1S/C16H21F2NO/c17-12-7-4-8-13(18)15(12)19-14-9-3-6-11-5-1-2-10-16(11,14)20/h4,7-8,11,14,19-20H,1-3,5-6,9-10H2/t11-,14+,16-/m1/s1. The zero-order valence-electron chi connectivity index (χ0n) is 11.5. The van der Waals surface area contributed by atoms with Gasteiger partial charge < -0.3 is 10.4 Å². The third-order valence-electron chi connectivity index (χ3n) is 5.02. The number of rotatable bonds is 2. The number of fused-ring (bicyclic) bond motifs is 1. The maximum absolute atomic E-state index is 13.8. The minimum atomic E-state index is -0.814. The minimum Gasteiger partial charge on any atom is -0.387 e. The van der Waals surface area contributed by atoms with Crippen LogP contribution in [0.15, 0.2) is 18.2 Å². The number of aliphatic hydroxyl groups is 1. The largest absolute Gasteiger partial charge is 0.387 e. The second-order valence-corrected chi connectivity index (χ2v) is 6.16. The number of anilines is 1. The monoisotopic (exact) mass is 281 g/mol. The van der Waals surface area contributed by atoms with E-state index in [1.54, 1.807) is 0 Å². The van der Waals surface area contributed by atoms with E-state index in [1.165, 1.54) is 18.2 Å². The molecule has 0 amide bonds. The molecule has 0 unspecified atom stereocenters. The normalized spacial score (nSPS) is 33.5. The van der Waals surface area contributed by atoms with Crippen molar-refractivity contribution in [2.24, 2.45) is 5.92 Å². The number of benzene rings is 1. The summed E-state index contributed by atoms with van der Waals surface area (Å²) in [7, 11) is 0. The van der Waals surface area contributed by atoms with Crippen molar-refractivity contribution < 1.29 is 13.9 Å². The molecule has 2 nitrogen and oxygen atoms in total. The first-order valence-electron chi connectivity index (χ1n) is 7.54. The highest BCUT2D eigenvalue weighted by Gasteiger charge is 2.47. The molecule has 0 radical (unpaired) electrons. The molecule has 2 N–H and O–H groups in total. The van der Waals surface area contributed by atoms with Gasteiger partial charge in [-0.1, -0.05) is 25.3 Å². The Morgan fingerprint density at radius 2 is 1.75 bits per heavy atom. The van der Waals surface area contributed by atoms with Gasteiger partial charge in [0.1, 0.15) is 17.3 Å². The summed E-state index contributed by atoms with van der Waals surface area (Å²) in [6.07, 6.45) is 6.68. The predicted octanol–water partition coefficient (Wildman–Crippen LogP) is 3.85. The average molecular weight is 281 g/mol. The van der Waals surface area contributed by atoms with Crippen molar-refractivity contribution in [1.82, 2.24) is 0 Å². The molecule has 1 aromatic rings. The van der Waals surface area contributed by atoms with Gasteiger partial charge in [-0.15, -0.1) is 0 Å². The molecule has 2 fully saturated rings. The van der Waals surface area contributed by atoms with E-state index in [2.05, 4.69) is 5.32 Å². The van der Waals surface area contributed by atoms with Gasteiger partial charge in [0.05, 0.1) is 11.6 Å². The lowest BCUT2D eigenvalue weighted by molar-refractivity contribution is -0.0836. The summed E-state index contributed by atoms with van der Waals surface area (Å²) in [5, 5.41) is 13.9. The fourth-order valence-corrected chi connectivity index (χ4v) is 3.93. The fraction of sp³-hybridized carbons (Fsp3) is 0.625. The van der Waals surface area contributed by atoms with Crippen LogP contribution in [0.4, 0.5) is 14.5 Å². The lowest BCUT2D eigenvalue weighted by Crippen LogP contribution is -2.56. The topological polar surface area (TPSA) is 32.3 Å². The molecule has 0 bridgehead atoms. The van der Waals surface area contributed by atoms with Crippen LogP contribution in [0.1, 0.15) is 44.9 Å². The Morgan fingerprint density at radius 1 is 1.05 bits per heavy atom. The summed E-state index contributed by atoms with van der Waals surface area (Å²) >= 11 is 0. The van der Waals surface area contributed by atoms with Crippen LogP contribution in [-0.2, 0) is 0 Å². The van der Waals surface area contributed by atoms with Crippen LogP contribution in [0.3, 0.4) is 0 Å². The fourth-order valence-electron chi connectivity index (χ4n) is 3.93. The van der Waals surface area contributed by atoms with Crippen LogP contribution >= 0.6 is 0 Å². The van der Waals surface area contributed by atoms with E-state index in [0.29, 0.717) is 0 Å². The summed E-state index contributed by atoms with van der Waals surface area (Å²) in [5.41, 5.74) is -0.914. The van der Waals surface area contributed by atoms with Gasteiger partial charge in [-0.25, -0.2) is 8.78 Å². The van der Waals surface area contributed by atoms with Crippen molar-refractivity contribution in [2.45, 2.75) is 56.6 Å². The third-order valence-corrected chi connectivity index (χ3v) is 5.02. The van der Waals surface area contributed by atoms with E-state index in [1.807, 2.05) is 0 Å². The second kappa shape index (κ2) is 5.32. The molecule has 110 valence electrons. The maximum Gasteiger partial charge on any atom is 0.149 e. The summed E-state index contributed by atoms with van der Waals surface area (Å²) in [6.45, 7) is 0. The molecular weight excluding hydrogens is 260 g/mol. The average Bonchev–Trinajstić information content (AvgIpc) is 2.43. The summed E-state index contributed by atoms with van der Waals surface area (Å²) in [4.78, 5) is 0. The first-order chi connectivity index (χ1) is 9.61. The highest BCUT2D eigenvalue weighted by atomic mass is 19.1. The number of para-hydroxylation sites is 1. The Kier molecular flexibility index (Phi) is 3.67. The quantitative estimate of drug-likeness (QED) is 0.863. The lowest BCUT2D eigenvalue weighted by Gasteiger charge is -2.49. The molecule has 0 saturated heterocycles. The van der Waals surface area contributed by atoms with Crippen LogP contribution in [0.2, 0.25) is 0 Å². The van der Waals surface area contributed by atoms with Crippen molar-refractivity contribution in [3.05, 3.63) is 29.8 Å². The van der Waals surface area contributed by atoms with Gasteiger partial charge in [-0.05, 0) is 43.7 Å². The van der Waals surface area contributed by atoms with Gasteiger partial charge >= 0.3 is 0 Å². The van der Waals surface area contributed by atoms with Crippen LogP contribution in [0, 0.1) is 17.6 Å². The van der Waals surface area contributed by atoms with Crippen molar-refractivity contribution in [3.63, 3.8) is 0 Å². The third kappa shape index (κ3) is 2.30. The molecule has 3 rings (SSSR count). The van der Waals surface area contributed by atoms with E-state index < -0.39 is 17.2 Å². The first-order valence-corrected chi connectivity index (χ1v) is 7.54. The van der Waals surface area contributed by atoms with Gasteiger partial charge in [0.15, 0.2) is 0 Å². The Balaban J connectivity index is 1.85. The van der Waals surface area contributed by atoms with Crippen LogP contribution < -0.4 is 5.32 Å². The molecular formula is C16H21F2NO. The van der Waals surface area contributed by atoms with E-state index in [-0.39, 0.29) is 17.6 Å². The highest BCUT2D eigenvalue weighted by Crippen LogP contribution is 2.45. The van der Waals surface area contributed by atoms with Crippen molar-refractivity contribution >= 4 is 5.69 Å². The predicted molar refractivity (Wildman–Crippen MR) is 74.5 cm³/mol. The van der Waals surface area contributed by atoms with Gasteiger partial charge in [0.25, 0.3) is 0 Å². The Morgan fingerprint density at radius 3 is 2.50 bits per heavy atom. The summed E-state index contributed by atoms with van der Waals surface area (Å²) in [5.74, 6) is -0.921. The van der Waals surface area contributed by atoms with Crippen LogP contribution in [0.5, 0.6) is 0 Å². The van der Waals surface area contributed by atoms with Crippen LogP contribution in [-0.4, -0.2) is 16.7 Å². The zero-order chi connectivity index (χ0) is 14.2. The molecule has 2 saturated carbocycles. The molecule has 1 aromatic carbocycles. The molecule has 0 aromatic heterocycles. The van der Waals surface area contributed by atoms with Gasteiger partial charge in [0, 0.05) is 0 Å². The number of halogens is 2. The zero-order valence-corrected chi connectivity index (χ0v) is 11.5. The van der Waals surface area contributed by atoms with E-state index in [9.17, 15) is 13.9 Å². The number of hydrogen-bond acceptors (Lipinski definition) is 2. The Labute approximate surface area is 118 Å². The lowest BCUT2D eigenvalue weighted by atomic mass is 9.65. The molecule has 0 spiro atoms. The molecule has 4 heteroatoms. The van der Waals surface area contributed by atoms with Crippen molar-refractivity contribution in [2.75, 3.05) is 5.32 Å². The van der Waals surface area contributed by atoms with Crippen LogP contribution in [0.25, 0.3) is 0 Å². The first kappa shape index (κ1) is 13.8. The highest BCUT2D eigenvalue weighted by molar-refractivity contribution is 5.47.